The molecule has 0 bridgehead atoms. The summed E-state index contributed by atoms with van der Waals surface area (Å²) >= 11 is 4.58. The van der Waals surface area contributed by atoms with Crippen molar-refractivity contribution in [1.29, 1.82) is 0 Å². The molecule has 2 aliphatic carbocycles. The maximum absolute atomic E-state index is 12.7. The van der Waals surface area contributed by atoms with E-state index in [1.54, 1.807) is 38.1 Å². The average Bonchev–Trinajstić information content (AvgIpc) is 3.14. The number of carbonyl (C=O) groups excluding carboxylic acids is 2. The number of rotatable bonds is 8. The van der Waals surface area contributed by atoms with Crippen molar-refractivity contribution in [1.82, 2.24) is 5.32 Å². The van der Waals surface area contributed by atoms with Crippen LogP contribution in [-0.4, -0.2) is 66.8 Å². The van der Waals surface area contributed by atoms with Gasteiger partial charge in [-0.2, -0.15) is 0 Å². The number of hydrogen-bond acceptors (Lipinski definition) is 9. The standard InChI is InChI=1S/C23H27F2N3O6S/c1-4-32-21(29)16-14-8-6-12(7-9-15(14)17(18(16)26)22(30)33-5-2)28-11-13(34-23(28,3)31)10-27-20(35)19(24)25/h6-9,13,19,31H,4-5,10-11,26H2,1-3H3,(H,27,35)/t13-,23?/m0/s1. The Morgan fingerprint density at radius 3 is 2.17 bits per heavy atom. The zero-order valence-electron chi connectivity index (χ0n) is 19.5. The molecule has 1 unspecified atom stereocenters. The van der Waals surface area contributed by atoms with Gasteiger partial charge in [0.25, 0.3) is 6.43 Å². The topological polar surface area (TPSA) is 123 Å². The Morgan fingerprint density at radius 2 is 1.71 bits per heavy atom. The summed E-state index contributed by atoms with van der Waals surface area (Å²) in [5.41, 5.74) is 7.44. The molecule has 0 amide bonds. The Balaban J connectivity index is 2.00. The second kappa shape index (κ2) is 10.7. The van der Waals surface area contributed by atoms with Crippen LogP contribution in [0.1, 0.15) is 41.5 Å². The van der Waals surface area contributed by atoms with Crippen molar-refractivity contribution in [2.24, 2.45) is 0 Å². The number of thiocarbonyl (C=S) groups is 1. The van der Waals surface area contributed by atoms with Gasteiger partial charge in [-0.3, -0.25) is 0 Å². The first-order chi connectivity index (χ1) is 16.5. The van der Waals surface area contributed by atoms with Gasteiger partial charge in [0.1, 0.15) is 4.99 Å². The molecule has 3 aliphatic rings. The van der Waals surface area contributed by atoms with E-state index >= 15 is 0 Å². The smallest absolute Gasteiger partial charge is 0.340 e. The van der Waals surface area contributed by atoms with E-state index in [0.717, 1.165) is 0 Å². The van der Waals surface area contributed by atoms with Crippen LogP contribution in [0.5, 0.6) is 0 Å². The van der Waals surface area contributed by atoms with E-state index in [9.17, 15) is 23.5 Å². The van der Waals surface area contributed by atoms with Crippen LogP contribution >= 0.6 is 12.2 Å². The first kappa shape index (κ1) is 26.5. The average molecular weight is 512 g/mol. The highest BCUT2D eigenvalue weighted by molar-refractivity contribution is 7.80. The molecule has 0 aromatic heterocycles. The van der Waals surface area contributed by atoms with Gasteiger partial charge in [-0.1, -0.05) is 24.4 Å². The van der Waals surface area contributed by atoms with Crippen molar-refractivity contribution < 1.29 is 37.7 Å². The van der Waals surface area contributed by atoms with Crippen molar-refractivity contribution in [3.63, 3.8) is 0 Å². The minimum atomic E-state index is -2.79. The Morgan fingerprint density at radius 1 is 1.20 bits per heavy atom. The SMILES string of the molecule is CCOC(=O)c1c2ccc(N3C[C@H](CNC(=S)C(F)F)OC3(C)O)ccc-2c(C(=O)OCC)c1N. The summed E-state index contributed by atoms with van der Waals surface area (Å²) in [5, 5.41) is 13.3. The lowest BCUT2D eigenvalue weighted by molar-refractivity contribution is -0.174. The predicted octanol–water partition coefficient (Wildman–Crippen LogP) is 2.78. The number of halogens is 2. The van der Waals surface area contributed by atoms with Crippen LogP contribution in [0.25, 0.3) is 11.1 Å². The van der Waals surface area contributed by atoms with Gasteiger partial charge >= 0.3 is 11.9 Å². The number of ether oxygens (including phenoxy) is 3. The number of carbonyl (C=O) groups is 2. The zero-order valence-corrected chi connectivity index (χ0v) is 20.3. The second-order valence-electron chi connectivity index (χ2n) is 7.85. The molecule has 3 rings (SSSR count). The van der Waals surface area contributed by atoms with Crippen molar-refractivity contribution in [3.05, 3.63) is 35.4 Å². The summed E-state index contributed by atoms with van der Waals surface area (Å²) in [6, 6.07) is 6.42. The fourth-order valence-corrected chi connectivity index (χ4v) is 4.07. The van der Waals surface area contributed by atoms with E-state index in [1.165, 1.54) is 11.8 Å². The largest absolute Gasteiger partial charge is 0.462 e. The van der Waals surface area contributed by atoms with Crippen molar-refractivity contribution in [2.75, 3.05) is 36.9 Å². The molecule has 35 heavy (non-hydrogen) atoms. The monoisotopic (exact) mass is 511 g/mol. The highest BCUT2D eigenvalue weighted by Gasteiger charge is 2.42. The summed E-state index contributed by atoms with van der Waals surface area (Å²) in [4.78, 5) is 26.2. The minimum Gasteiger partial charge on any atom is -0.462 e. The van der Waals surface area contributed by atoms with Crippen LogP contribution in [0, 0.1) is 0 Å². The third-order valence-electron chi connectivity index (χ3n) is 5.46. The Bertz CT molecular complexity index is 1040. The van der Waals surface area contributed by atoms with E-state index in [0.29, 0.717) is 16.8 Å². The lowest BCUT2D eigenvalue weighted by Gasteiger charge is -2.29. The molecule has 2 atom stereocenters. The number of esters is 2. The van der Waals surface area contributed by atoms with E-state index in [4.69, 9.17) is 19.9 Å². The van der Waals surface area contributed by atoms with Crippen LogP contribution in [0.4, 0.5) is 20.2 Å². The predicted molar refractivity (Wildman–Crippen MR) is 129 cm³/mol. The summed E-state index contributed by atoms with van der Waals surface area (Å²) in [7, 11) is 0. The molecule has 0 radical (unpaired) electrons. The number of nitrogens with one attached hydrogen (secondary N) is 1. The van der Waals surface area contributed by atoms with E-state index < -0.39 is 35.4 Å². The van der Waals surface area contributed by atoms with E-state index in [2.05, 4.69) is 17.5 Å². The molecule has 9 nitrogen and oxygen atoms in total. The maximum atomic E-state index is 12.7. The van der Waals surface area contributed by atoms with E-state index in [-0.39, 0.29) is 43.1 Å². The van der Waals surface area contributed by atoms with Gasteiger partial charge in [0.05, 0.1) is 42.7 Å². The number of nitrogens with two attached hydrogens (primary N) is 1. The first-order valence-electron chi connectivity index (χ1n) is 10.9. The van der Waals surface area contributed by atoms with Gasteiger partial charge in [0.15, 0.2) is 0 Å². The fraction of sp³-hybridized carbons (Fsp3) is 0.435. The quantitative estimate of drug-likeness (QED) is 0.360. The number of hydrogen-bond donors (Lipinski definition) is 3. The molecule has 12 heteroatoms. The van der Waals surface area contributed by atoms with Crippen LogP contribution in [0.2, 0.25) is 0 Å². The van der Waals surface area contributed by atoms with Crippen molar-refractivity contribution in [3.8, 4) is 11.1 Å². The lowest BCUT2D eigenvalue weighted by atomic mass is 10.1. The molecule has 4 N–H and O–H groups in total. The van der Waals surface area contributed by atoms with Gasteiger partial charge in [-0.25, -0.2) is 18.4 Å². The summed E-state index contributed by atoms with van der Waals surface area (Å²) < 4.78 is 41.2. The third kappa shape index (κ3) is 5.44. The van der Waals surface area contributed by atoms with Crippen LogP contribution in [0.3, 0.4) is 0 Å². The molecule has 0 aromatic rings. The molecular weight excluding hydrogens is 484 g/mol. The molecule has 1 saturated heterocycles. The molecule has 0 spiro atoms. The van der Waals surface area contributed by atoms with Crippen LogP contribution in [-0.2, 0) is 14.2 Å². The highest BCUT2D eigenvalue weighted by Crippen LogP contribution is 2.41. The van der Waals surface area contributed by atoms with Gasteiger partial charge in [-0.05, 0) is 37.1 Å². The number of nitrogen functional groups attached to an aromatic ring is 1. The second-order valence-corrected chi connectivity index (χ2v) is 8.29. The number of nitrogens with zero attached hydrogens (tertiary/aromatic N) is 1. The molecule has 190 valence electrons. The maximum Gasteiger partial charge on any atom is 0.340 e. The fourth-order valence-electron chi connectivity index (χ4n) is 3.98. The third-order valence-corrected chi connectivity index (χ3v) is 5.78. The van der Waals surface area contributed by atoms with Crippen LogP contribution in [0.15, 0.2) is 24.3 Å². The summed E-state index contributed by atoms with van der Waals surface area (Å²) in [6.07, 6.45) is -3.44. The number of aliphatic hydroxyl groups is 1. The molecule has 1 aliphatic heterocycles. The number of alkyl halides is 2. The number of fused-ring (bicyclic) bond motifs is 1. The van der Waals surface area contributed by atoms with Gasteiger partial charge in [0, 0.05) is 19.2 Å². The summed E-state index contributed by atoms with van der Waals surface area (Å²) in [5.74, 6) is -3.13. The summed E-state index contributed by atoms with van der Waals surface area (Å²) in [6.45, 7) is 5.06. The van der Waals surface area contributed by atoms with Gasteiger partial charge < -0.3 is 35.3 Å². The molecule has 0 aromatic carbocycles. The van der Waals surface area contributed by atoms with Crippen LogP contribution < -0.4 is 16.0 Å². The molecule has 1 fully saturated rings. The van der Waals surface area contributed by atoms with Gasteiger partial charge in [-0.15, -0.1) is 0 Å². The van der Waals surface area contributed by atoms with Crippen molar-refractivity contribution in [2.45, 2.75) is 39.2 Å². The lowest BCUT2D eigenvalue weighted by Crippen LogP contribution is -2.41. The van der Waals surface area contributed by atoms with Gasteiger partial charge in [0.2, 0.25) is 5.91 Å². The minimum absolute atomic E-state index is 0.0294. The Hall–Kier alpha value is -3.09. The van der Waals surface area contributed by atoms with Crippen molar-refractivity contribution >= 4 is 40.5 Å². The first-order valence-corrected chi connectivity index (χ1v) is 11.4. The molecular formula is C23H27F2N3O6S. The molecule has 1 heterocycles. The Kier molecular flexibility index (Phi) is 8.08. The normalized spacial score (nSPS) is 19.7. The molecule has 0 saturated carbocycles. The zero-order chi connectivity index (χ0) is 25.9. The Labute approximate surface area is 206 Å². The van der Waals surface area contributed by atoms with E-state index in [1.807, 2.05) is 0 Å². The number of anilines is 2. The highest BCUT2D eigenvalue weighted by atomic mass is 32.1.